The summed E-state index contributed by atoms with van der Waals surface area (Å²) >= 11 is 0. The van der Waals surface area contributed by atoms with Gasteiger partial charge in [-0.1, -0.05) is 26.7 Å². The second-order valence-electron chi connectivity index (χ2n) is 5.36. The molecule has 1 saturated carbocycles. The summed E-state index contributed by atoms with van der Waals surface area (Å²) in [5, 5.41) is 5.68. The Morgan fingerprint density at radius 2 is 2.00 bits per heavy atom. The van der Waals surface area contributed by atoms with Crippen molar-refractivity contribution < 1.29 is 43.9 Å². The van der Waals surface area contributed by atoms with Gasteiger partial charge in [0, 0.05) is 0 Å². The van der Waals surface area contributed by atoms with Crippen molar-refractivity contribution >= 4 is 17.8 Å². The smallest absolute Gasteiger partial charge is 0.394 e. The number of nitrogens with one attached hydrogen (secondary N) is 1. The van der Waals surface area contributed by atoms with Gasteiger partial charge in [0.1, 0.15) is 0 Å². The van der Waals surface area contributed by atoms with Crippen molar-refractivity contribution in [2.45, 2.75) is 46.0 Å². The number of carbonyl (C=O) groups is 3. The van der Waals surface area contributed by atoms with Crippen LogP contribution < -0.4 is 34.9 Å². The van der Waals surface area contributed by atoms with Gasteiger partial charge in [0.05, 0.1) is 5.41 Å². The molecule has 1 aliphatic carbocycles. The number of barbiturate groups is 1. The predicted molar refractivity (Wildman–Crippen MR) is 65.8 cm³/mol. The topological polar surface area (TPSA) is 77.3 Å². The molecule has 19 heavy (non-hydrogen) atoms. The maximum atomic E-state index is 12.2. The quantitative estimate of drug-likeness (QED) is 0.549. The number of hydrogen-bond donors (Lipinski definition) is 1. The molecule has 3 atom stereocenters. The Labute approximate surface area is 135 Å². The largest absolute Gasteiger partial charge is 1.00 e. The monoisotopic (exact) mass is 274 g/mol. The minimum Gasteiger partial charge on any atom is -0.394 e. The molecule has 1 heterocycles. The molecule has 3 unspecified atom stereocenters. The SMILES string of the molecule is CCCCC1CCC(C)C12C(=O)[N-]C(=O)NC2=O.[Na+]. The van der Waals surface area contributed by atoms with Crippen LogP contribution in [0.3, 0.4) is 0 Å². The van der Waals surface area contributed by atoms with Gasteiger partial charge in [-0.05, 0) is 31.1 Å². The maximum Gasteiger partial charge on any atom is 1.00 e. The van der Waals surface area contributed by atoms with E-state index in [9.17, 15) is 14.4 Å². The molecule has 1 spiro atoms. The summed E-state index contributed by atoms with van der Waals surface area (Å²) in [5.41, 5.74) is -1.08. The Kier molecular flexibility index (Phi) is 5.59. The van der Waals surface area contributed by atoms with Crippen LogP contribution in [0.4, 0.5) is 4.79 Å². The summed E-state index contributed by atoms with van der Waals surface area (Å²) in [7, 11) is 0. The molecule has 2 rings (SSSR count). The van der Waals surface area contributed by atoms with Gasteiger partial charge in [-0.15, -0.1) is 0 Å². The molecule has 6 heteroatoms. The van der Waals surface area contributed by atoms with E-state index in [0.29, 0.717) is 0 Å². The van der Waals surface area contributed by atoms with Crippen molar-refractivity contribution in [3.63, 3.8) is 0 Å². The fraction of sp³-hybridized carbons (Fsp3) is 0.769. The number of imide groups is 2. The van der Waals surface area contributed by atoms with E-state index in [4.69, 9.17) is 0 Å². The molecular weight excluding hydrogens is 255 g/mol. The van der Waals surface area contributed by atoms with Crippen LogP contribution in [0, 0.1) is 17.3 Å². The number of hydrogen-bond acceptors (Lipinski definition) is 3. The molecule has 0 bridgehead atoms. The van der Waals surface area contributed by atoms with Crippen LogP contribution in [0.1, 0.15) is 46.0 Å². The molecule has 100 valence electrons. The van der Waals surface area contributed by atoms with E-state index >= 15 is 0 Å². The average molecular weight is 274 g/mol. The Hall–Kier alpha value is -0.390. The first kappa shape index (κ1) is 16.7. The second-order valence-corrected chi connectivity index (χ2v) is 5.36. The van der Waals surface area contributed by atoms with E-state index in [2.05, 4.69) is 17.6 Å². The molecule has 2 fully saturated rings. The van der Waals surface area contributed by atoms with Crippen LogP contribution >= 0.6 is 0 Å². The van der Waals surface area contributed by atoms with E-state index < -0.39 is 23.3 Å². The first-order valence-corrected chi connectivity index (χ1v) is 6.65. The molecule has 1 aliphatic heterocycles. The van der Waals surface area contributed by atoms with Crippen molar-refractivity contribution in [1.82, 2.24) is 5.32 Å². The van der Waals surface area contributed by atoms with Gasteiger partial charge in [0.15, 0.2) is 17.8 Å². The van der Waals surface area contributed by atoms with Crippen molar-refractivity contribution in [2.24, 2.45) is 17.3 Å². The molecule has 4 amide bonds. The molecule has 1 N–H and O–H groups in total. The number of rotatable bonds is 3. The zero-order valence-electron chi connectivity index (χ0n) is 11.9. The summed E-state index contributed by atoms with van der Waals surface area (Å²) in [6, 6.07) is -0.816. The summed E-state index contributed by atoms with van der Waals surface area (Å²) in [6.07, 6.45) is 4.59. The third kappa shape index (κ3) is 2.60. The van der Waals surface area contributed by atoms with E-state index in [-0.39, 0.29) is 41.4 Å². The molecular formula is C13H19N2NaO3. The van der Waals surface area contributed by atoms with Crippen LogP contribution in [-0.4, -0.2) is 17.8 Å². The predicted octanol–water partition coefficient (Wildman–Crippen LogP) is -0.637. The summed E-state index contributed by atoms with van der Waals surface area (Å²) in [6.45, 7) is 4.00. The summed E-state index contributed by atoms with van der Waals surface area (Å²) in [5.74, 6) is -0.971. The third-order valence-electron chi connectivity index (χ3n) is 4.43. The first-order valence-electron chi connectivity index (χ1n) is 6.65. The van der Waals surface area contributed by atoms with Crippen molar-refractivity contribution in [2.75, 3.05) is 0 Å². The minimum absolute atomic E-state index is 0. The van der Waals surface area contributed by atoms with Crippen molar-refractivity contribution in [3.8, 4) is 0 Å². The van der Waals surface area contributed by atoms with Crippen LogP contribution in [0.5, 0.6) is 0 Å². The Bertz CT molecular complexity index is 377. The minimum atomic E-state index is -1.08. The number of amides is 4. The fourth-order valence-corrected chi connectivity index (χ4v) is 3.44. The Morgan fingerprint density at radius 3 is 2.58 bits per heavy atom. The normalized spacial score (nSPS) is 33.9. The van der Waals surface area contributed by atoms with Gasteiger partial charge in [0.25, 0.3) is 0 Å². The number of urea groups is 1. The van der Waals surface area contributed by atoms with E-state index in [0.717, 1.165) is 32.1 Å². The number of nitrogens with zero attached hydrogens (tertiary/aromatic N) is 1. The standard InChI is InChI=1S/C13H20N2O3.Na/c1-3-4-5-9-7-6-8(2)13(9)10(16)14-12(18)15-11(13)17;/h8-9H,3-7H2,1-2H3,(H2,14,15,16,17,18);/q;+1/p-1. The second kappa shape index (κ2) is 6.37. The van der Waals surface area contributed by atoms with E-state index in [1.807, 2.05) is 6.92 Å². The van der Waals surface area contributed by atoms with Crippen LogP contribution in [0.15, 0.2) is 0 Å². The molecule has 0 aromatic heterocycles. The van der Waals surface area contributed by atoms with Gasteiger partial charge < -0.3 is 10.6 Å². The van der Waals surface area contributed by atoms with Gasteiger partial charge in [-0.3, -0.25) is 14.4 Å². The molecule has 1 saturated heterocycles. The summed E-state index contributed by atoms with van der Waals surface area (Å²) in [4.78, 5) is 35.5. The maximum absolute atomic E-state index is 12.2. The van der Waals surface area contributed by atoms with Gasteiger partial charge >= 0.3 is 29.6 Å². The molecule has 0 aromatic rings. The number of unbranched alkanes of at least 4 members (excludes halogenated alkanes) is 1. The van der Waals surface area contributed by atoms with Crippen LogP contribution in [0.2, 0.25) is 0 Å². The van der Waals surface area contributed by atoms with Gasteiger partial charge in [-0.2, -0.15) is 0 Å². The number of carbonyl (C=O) groups excluding carboxylic acids is 3. The average Bonchev–Trinajstić information content (AvgIpc) is 2.62. The Morgan fingerprint density at radius 1 is 1.32 bits per heavy atom. The van der Waals surface area contributed by atoms with Crippen molar-refractivity contribution in [1.29, 1.82) is 0 Å². The zero-order chi connectivity index (χ0) is 13.3. The van der Waals surface area contributed by atoms with Gasteiger partial charge in [0.2, 0.25) is 0 Å². The molecule has 2 aliphatic rings. The van der Waals surface area contributed by atoms with Gasteiger partial charge in [-0.25, -0.2) is 0 Å². The van der Waals surface area contributed by atoms with E-state index in [1.165, 1.54) is 0 Å². The first-order chi connectivity index (χ1) is 8.53. The third-order valence-corrected chi connectivity index (χ3v) is 4.43. The molecule has 0 aromatic carbocycles. The summed E-state index contributed by atoms with van der Waals surface area (Å²) < 4.78 is 0. The molecule has 5 nitrogen and oxygen atoms in total. The fourth-order valence-electron chi connectivity index (χ4n) is 3.44. The van der Waals surface area contributed by atoms with E-state index in [1.54, 1.807) is 0 Å². The van der Waals surface area contributed by atoms with Crippen LogP contribution in [-0.2, 0) is 9.59 Å². The Balaban J connectivity index is 0.00000180. The van der Waals surface area contributed by atoms with Crippen molar-refractivity contribution in [3.05, 3.63) is 5.32 Å². The zero-order valence-corrected chi connectivity index (χ0v) is 13.9. The van der Waals surface area contributed by atoms with Crippen LogP contribution in [0.25, 0.3) is 5.32 Å². The molecule has 0 radical (unpaired) electrons.